The Balaban J connectivity index is 2.12. The van der Waals surface area contributed by atoms with Crippen molar-refractivity contribution in [2.45, 2.75) is 45.4 Å². The Morgan fingerprint density at radius 1 is 1.40 bits per heavy atom. The molecule has 0 bridgehead atoms. The molecular formula is C12H24N2O. The molecule has 0 aromatic carbocycles. The highest BCUT2D eigenvalue weighted by Crippen LogP contribution is 2.16. The molecule has 1 aliphatic rings. The van der Waals surface area contributed by atoms with Gasteiger partial charge in [-0.1, -0.05) is 26.2 Å². The first-order valence-electron chi connectivity index (χ1n) is 6.25. The van der Waals surface area contributed by atoms with Crippen LogP contribution in [0.2, 0.25) is 0 Å². The molecule has 0 saturated carbocycles. The van der Waals surface area contributed by atoms with Crippen molar-refractivity contribution in [1.29, 1.82) is 0 Å². The molecule has 1 aliphatic heterocycles. The molecule has 1 amide bonds. The first-order chi connectivity index (χ1) is 7.27. The molecule has 3 nitrogen and oxygen atoms in total. The number of amides is 1. The summed E-state index contributed by atoms with van der Waals surface area (Å²) in [6.07, 6.45) is 6.55. The minimum Gasteiger partial charge on any atom is -0.342 e. The maximum atomic E-state index is 11.8. The van der Waals surface area contributed by atoms with E-state index in [0.29, 0.717) is 11.8 Å². The molecule has 1 saturated heterocycles. The predicted octanol–water partition coefficient (Wildman–Crippen LogP) is 1.76. The molecule has 0 spiro atoms. The predicted molar refractivity (Wildman–Crippen MR) is 62.5 cm³/mol. The Labute approximate surface area is 93.0 Å². The van der Waals surface area contributed by atoms with Crippen molar-refractivity contribution in [3.8, 4) is 0 Å². The Morgan fingerprint density at radius 3 is 2.80 bits per heavy atom. The number of hydrogen-bond acceptors (Lipinski definition) is 2. The second kappa shape index (κ2) is 6.83. The molecule has 2 N–H and O–H groups in total. The van der Waals surface area contributed by atoms with E-state index in [4.69, 9.17) is 5.73 Å². The Kier molecular flexibility index (Phi) is 5.69. The third-order valence-corrected chi connectivity index (χ3v) is 3.22. The molecule has 1 atom stereocenters. The van der Waals surface area contributed by atoms with Gasteiger partial charge in [0.2, 0.25) is 5.91 Å². The van der Waals surface area contributed by atoms with Crippen LogP contribution >= 0.6 is 0 Å². The smallest absolute Gasteiger partial charge is 0.222 e. The van der Waals surface area contributed by atoms with E-state index in [1.807, 2.05) is 4.90 Å². The lowest BCUT2D eigenvalue weighted by molar-refractivity contribution is -0.130. The van der Waals surface area contributed by atoms with Crippen molar-refractivity contribution in [2.75, 3.05) is 19.6 Å². The molecule has 0 aromatic heterocycles. The van der Waals surface area contributed by atoms with E-state index in [0.717, 1.165) is 38.9 Å². The van der Waals surface area contributed by atoms with Crippen LogP contribution in [0.25, 0.3) is 0 Å². The van der Waals surface area contributed by atoms with E-state index in [2.05, 4.69) is 6.92 Å². The quantitative estimate of drug-likeness (QED) is 0.682. The highest BCUT2D eigenvalue weighted by Gasteiger charge is 2.24. The van der Waals surface area contributed by atoms with Crippen molar-refractivity contribution in [2.24, 2.45) is 11.7 Å². The SMILES string of the molecule is CCCCCCC(=O)N1CCC(CN)C1. The first kappa shape index (κ1) is 12.5. The number of likely N-dealkylation sites (tertiary alicyclic amines) is 1. The summed E-state index contributed by atoms with van der Waals surface area (Å²) in [7, 11) is 0. The summed E-state index contributed by atoms with van der Waals surface area (Å²) in [6, 6.07) is 0. The van der Waals surface area contributed by atoms with Crippen LogP contribution in [0, 0.1) is 5.92 Å². The third-order valence-electron chi connectivity index (χ3n) is 3.22. The summed E-state index contributed by atoms with van der Waals surface area (Å²) in [6.45, 7) is 4.73. The highest BCUT2D eigenvalue weighted by molar-refractivity contribution is 5.76. The van der Waals surface area contributed by atoms with Gasteiger partial charge in [0.15, 0.2) is 0 Å². The fourth-order valence-electron chi connectivity index (χ4n) is 2.11. The Hall–Kier alpha value is -0.570. The van der Waals surface area contributed by atoms with E-state index in [1.165, 1.54) is 19.3 Å². The van der Waals surface area contributed by atoms with Gasteiger partial charge >= 0.3 is 0 Å². The van der Waals surface area contributed by atoms with Crippen LogP contribution in [0.4, 0.5) is 0 Å². The maximum Gasteiger partial charge on any atom is 0.222 e. The van der Waals surface area contributed by atoms with Gasteiger partial charge in [-0.25, -0.2) is 0 Å². The van der Waals surface area contributed by atoms with Gasteiger partial charge in [0, 0.05) is 19.5 Å². The van der Waals surface area contributed by atoms with Crippen LogP contribution in [0.5, 0.6) is 0 Å². The number of unbranched alkanes of at least 4 members (excludes halogenated alkanes) is 3. The van der Waals surface area contributed by atoms with Crippen LogP contribution in [0.3, 0.4) is 0 Å². The molecule has 0 aliphatic carbocycles. The molecular weight excluding hydrogens is 188 g/mol. The van der Waals surface area contributed by atoms with Gasteiger partial charge in [0.1, 0.15) is 0 Å². The minimum absolute atomic E-state index is 0.335. The number of hydrogen-bond donors (Lipinski definition) is 1. The number of carbonyl (C=O) groups excluding carboxylic acids is 1. The lowest BCUT2D eigenvalue weighted by Gasteiger charge is -2.15. The molecule has 1 fully saturated rings. The molecule has 0 aromatic rings. The summed E-state index contributed by atoms with van der Waals surface area (Å²) < 4.78 is 0. The summed E-state index contributed by atoms with van der Waals surface area (Å²) in [5.74, 6) is 0.881. The van der Waals surface area contributed by atoms with Crippen molar-refractivity contribution < 1.29 is 4.79 Å². The zero-order valence-electron chi connectivity index (χ0n) is 9.87. The van der Waals surface area contributed by atoms with Crippen molar-refractivity contribution >= 4 is 5.91 Å². The van der Waals surface area contributed by atoms with Crippen molar-refractivity contribution in [1.82, 2.24) is 4.90 Å². The first-order valence-corrected chi connectivity index (χ1v) is 6.25. The second-order valence-electron chi connectivity index (χ2n) is 4.54. The van der Waals surface area contributed by atoms with Gasteiger partial charge in [-0.3, -0.25) is 4.79 Å². The summed E-state index contributed by atoms with van der Waals surface area (Å²) in [5.41, 5.74) is 5.60. The van der Waals surface area contributed by atoms with Crippen LogP contribution < -0.4 is 5.73 Å². The Morgan fingerprint density at radius 2 is 2.20 bits per heavy atom. The van der Waals surface area contributed by atoms with E-state index < -0.39 is 0 Å². The Bertz CT molecular complexity index is 194. The lowest BCUT2D eigenvalue weighted by atomic mass is 10.1. The number of nitrogens with two attached hydrogens (primary N) is 1. The topological polar surface area (TPSA) is 46.3 Å². The van der Waals surface area contributed by atoms with Crippen molar-refractivity contribution in [3.05, 3.63) is 0 Å². The van der Waals surface area contributed by atoms with Crippen molar-refractivity contribution in [3.63, 3.8) is 0 Å². The zero-order valence-corrected chi connectivity index (χ0v) is 9.87. The number of nitrogens with zero attached hydrogens (tertiary/aromatic N) is 1. The maximum absolute atomic E-state index is 11.8. The van der Waals surface area contributed by atoms with E-state index >= 15 is 0 Å². The monoisotopic (exact) mass is 212 g/mol. The zero-order chi connectivity index (χ0) is 11.1. The fraction of sp³-hybridized carbons (Fsp3) is 0.917. The normalized spacial score (nSPS) is 20.9. The number of rotatable bonds is 6. The van der Waals surface area contributed by atoms with Crippen LogP contribution in [0.15, 0.2) is 0 Å². The van der Waals surface area contributed by atoms with E-state index in [9.17, 15) is 4.79 Å². The molecule has 1 rings (SSSR count). The molecule has 1 heterocycles. The molecule has 88 valence electrons. The summed E-state index contributed by atoms with van der Waals surface area (Å²) in [5, 5.41) is 0. The highest BCUT2D eigenvalue weighted by atomic mass is 16.2. The van der Waals surface area contributed by atoms with Gasteiger partial charge < -0.3 is 10.6 Å². The van der Waals surface area contributed by atoms with E-state index in [-0.39, 0.29) is 0 Å². The van der Waals surface area contributed by atoms with E-state index in [1.54, 1.807) is 0 Å². The van der Waals surface area contributed by atoms with Crippen LogP contribution in [-0.4, -0.2) is 30.4 Å². The van der Waals surface area contributed by atoms with Gasteiger partial charge in [0.25, 0.3) is 0 Å². The van der Waals surface area contributed by atoms with Gasteiger partial charge in [0.05, 0.1) is 0 Å². The number of carbonyl (C=O) groups is 1. The second-order valence-corrected chi connectivity index (χ2v) is 4.54. The molecule has 3 heteroatoms. The largest absolute Gasteiger partial charge is 0.342 e. The molecule has 1 unspecified atom stereocenters. The molecule has 15 heavy (non-hydrogen) atoms. The third kappa shape index (κ3) is 4.20. The minimum atomic E-state index is 0.335. The lowest BCUT2D eigenvalue weighted by Crippen LogP contribution is -2.29. The van der Waals surface area contributed by atoms with Crippen LogP contribution in [0.1, 0.15) is 45.4 Å². The van der Waals surface area contributed by atoms with Crippen LogP contribution in [-0.2, 0) is 4.79 Å². The standard InChI is InChI=1S/C12H24N2O/c1-2-3-4-5-6-12(15)14-8-7-11(9-13)10-14/h11H,2-10,13H2,1H3. The average molecular weight is 212 g/mol. The average Bonchev–Trinajstić information content (AvgIpc) is 2.72. The fourth-order valence-corrected chi connectivity index (χ4v) is 2.11. The van der Waals surface area contributed by atoms with Gasteiger partial charge in [-0.05, 0) is 25.3 Å². The van der Waals surface area contributed by atoms with Gasteiger partial charge in [-0.15, -0.1) is 0 Å². The summed E-state index contributed by atoms with van der Waals surface area (Å²) >= 11 is 0. The summed E-state index contributed by atoms with van der Waals surface area (Å²) in [4.78, 5) is 13.7. The van der Waals surface area contributed by atoms with Gasteiger partial charge in [-0.2, -0.15) is 0 Å². The molecule has 0 radical (unpaired) electrons.